The van der Waals surface area contributed by atoms with Crippen molar-refractivity contribution in [2.45, 2.75) is 5.41 Å². The Kier molecular flexibility index (Phi) is 6.37. The lowest BCUT2D eigenvalue weighted by molar-refractivity contribution is 0.112. The first kappa shape index (κ1) is 25.5. The average Bonchev–Trinajstić information content (AvgIpc) is 3.38. The summed E-state index contributed by atoms with van der Waals surface area (Å²) >= 11 is 0. The second-order valence-electron chi connectivity index (χ2n) is 10.6. The molecule has 0 bridgehead atoms. The first-order valence-corrected chi connectivity index (χ1v) is 14.2. The van der Waals surface area contributed by atoms with Crippen molar-refractivity contribution >= 4 is 29.4 Å². The maximum Gasteiger partial charge on any atom is 0.150 e. The third-order valence-corrected chi connectivity index (χ3v) is 8.38. The van der Waals surface area contributed by atoms with E-state index in [-0.39, 0.29) is 0 Å². The van der Waals surface area contributed by atoms with Crippen molar-refractivity contribution in [1.82, 2.24) is 0 Å². The minimum Gasteiger partial charge on any atom is -0.310 e. The van der Waals surface area contributed by atoms with Gasteiger partial charge in [-0.2, -0.15) is 0 Å². The van der Waals surface area contributed by atoms with Crippen molar-refractivity contribution in [3.8, 4) is 11.1 Å². The number of nitrogens with zero attached hydrogens (tertiary/aromatic N) is 1. The minimum absolute atomic E-state index is 0.581. The third-order valence-electron chi connectivity index (χ3n) is 8.38. The molecule has 42 heavy (non-hydrogen) atoms. The highest BCUT2D eigenvalue weighted by atomic mass is 16.1. The molecule has 0 spiro atoms. The van der Waals surface area contributed by atoms with E-state index in [2.05, 4.69) is 151 Å². The second kappa shape index (κ2) is 10.5. The van der Waals surface area contributed by atoms with Gasteiger partial charge in [0.2, 0.25) is 0 Å². The highest BCUT2D eigenvalue weighted by molar-refractivity contribution is 5.97. The zero-order valence-electron chi connectivity index (χ0n) is 23.2. The fourth-order valence-electron chi connectivity index (χ4n) is 6.55. The minimum atomic E-state index is -0.581. The van der Waals surface area contributed by atoms with E-state index in [4.69, 9.17) is 0 Å². The van der Waals surface area contributed by atoms with Crippen LogP contribution in [0.25, 0.3) is 17.2 Å². The zero-order valence-corrected chi connectivity index (χ0v) is 23.2. The van der Waals surface area contributed by atoms with E-state index < -0.39 is 5.41 Å². The maximum absolute atomic E-state index is 11.6. The molecule has 0 aliphatic heterocycles. The van der Waals surface area contributed by atoms with E-state index >= 15 is 0 Å². The molecule has 1 aliphatic rings. The molecule has 0 fully saturated rings. The van der Waals surface area contributed by atoms with E-state index in [1.807, 2.05) is 18.2 Å². The van der Waals surface area contributed by atoms with Gasteiger partial charge >= 0.3 is 0 Å². The Morgan fingerprint density at radius 2 is 1.05 bits per heavy atom. The topological polar surface area (TPSA) is 20.3 Å². The number of fused-ring (bicyclic) bond motifs is 3. The summed E-state index contributed by atoms with van der Waals surface area (Å²) in [7, 11) is 0. The lowest BCUT2D eigenvalue weighted by atomic mass is 9.67. The van der Waals surface area contributed by atoms with Gasteiger partial charge in [-0.1, -0.05) is 134 Å². The van der Waals surface area contributed by atoms with Crippen molar-refractivity contribution in [2.75, 3.05) is 4.90 Å². The molecule has 1 aliphatic carbocycles. The number of rotatable bonds is 7. The Morgan fingerprint density at radius 3 is 1.62 bits per heavy atom. The summed E-state index contributed by atoms with van der Waals surface area (Å²) < 4.78 is 0. The van der Waals surface area contributed by atoms with Crippen LogP contribution in [-0.2, 0) is 5.41 Å². The van der Waals surface area contributed by atoms with Gasteiger partial charge in [-0.25, -0.2) is 0 Å². The largest absolute Gasteiger partial charge is 0.310 e. The van der Waals surface area contributed by atoms with E-state index in [0.29, 0.717) is 5.56 Å². The summed E-state index contributed by atoms with van der Waals surface area (Å²) in [6.45, 7) is 3.97. The first-order valence-electron chi connectivity index (χ1n) is 14.2. The zero-order chi connectivity index (χ0) is 28.5. The fraction of sp³-hybridized carbons (Fsp3) is 0.0250. The SMILES string of the molecule is C=Cc1ccc(C2(c3ccc(C=O)cc3)c3ccccc3-c3c(N(c4ccccc4)c4ccccc4)cccc32)cc1. The van der Waals surface area contributed by atoms with Crippen molar-refractivity contribution in [2.24, 2.45) is 0 Å². The summed E-state index contributed by atoms with van der Waals surface area (Å²) in [5, 5.41) is 0. The van der Waals surface area contributed by atoms with Crippen molar-refractivity contribution in [3.05, 3.63) is 192 Å². The summed E-state index contributed by atoms with van der Waals surface area (Å²) in [5.41, 5.74) is 11.6. The molecule has 2 heteroatoms. The van der Waals surface area contributed by atoms with Crippen LogP contribution in [0.1, 0.15) is 38.2 Å². The third kappa shape index (κ3) is 3.92. The van der Waals surface area contributed by atoms with Crippen LogP contribution in [0.5, 0.6) is 0 Å². The molecule has 200 valence electrons. The number of aldehydes is 1. The molecule has 6 aromatic carbocycles. The van der Waals surface area contributed by atoms with Gasteiger partial charge in [-0.3, -0.25) is 4.79 Å². The van der Waals surface area contributed by atoms with E-state index in [0.717, 1.165) is 34.5 Å². The molecule has 0 amide bonds. The molecule has 1 atom stereocenters. The lowest BCUT2D eigenvalue weighted by Crippen LogP contribution is -2.28. The Labute approximate surface area is 246 Å². The van der Waals surface area contributed by atoms with Crippen LogP contribution in [0.15, 0.2) is 158 Å². The Hall–Kier alpha value is -5.47. The normalized spacial score (nSPS) is 15.0. The van der Waals surface area contributed by atoms with Crippen molar-refractivity contribution in [3.63, 3.8) is 0 Å². The van der Waals surface area contributed by atoms with Gasteiger partial charge < -0.3 is 4.90 Å². The number of anilines is 3. The molecule has 0 N–H and O–H groups in total. The number of carbonyl (C=O) groups is 1. The highest BCUT2D eigenvalue weighted by Gasteiger charge is 2.47. The molecule has 0 saturated carbocycles. The first-order chi connectivity index (χ1) is 20.8. The fourth-order valence-corrected chi connectivity index (χ4v) is 6.55. The van der Waals surface area contributed by atoms with Crippen LogP contribution in [0.2, 0.25) is 0 Å². The Bertz CT molecular complexity index is 1800. The van der Waals surface area contributed by atoms with E-state index in [1.165, 1.54) is 27.8 Å². The molecular formula is C40H29NO. The van der Waals surface area contributed by atoms with Crippen LogP contribution in [0.3, 0.4) is 0 Å². The van der Waals surface area contributed by atoms with Gasteiger partial charge in [0, 0.05) is 22.5 Å². The van der Waals surface area contributed by atoms with Gasteiger partial charge in [0.1, 0.15) is 6.29 Å². The summed E-state index contributed by atoms with van der Waals surface area (Å²) in [6.07, 6.45) is 2.78. The monoisotopic (exact) mass is 539 g/mol. The van der Waals surface area contributed by atoms with Crippen LogP contribution >= 0.6 is 0 Å². The quantitative estimate of drug-likeness (QED) is 0.188. The summed E-state index contributed by atoms with van der Waals surface area (Å²) in [5.74, 6) is 0. The highest BCUT2D eigenvalue weighted by Crippen LogP contribution is 2.59. The number of hydrogen-bond donors (Lipinski definition) is 0. The predicted molar refractivity (Wildman–Crippen MR) is 174 cm³/mol. The molecule has 6 aromatic rings. The van der Waals surface area contributed by atoms with Crippen LogP contribution < -0.4 is 4.90 Å². The average molecular weight is 540 g/mol. The number of para-hydroxylation sites is 2. The van der Waals surface area contributed by atoms with Gasteiger partial charge in [0.25, 0.3) is 0 Å². The van der Waals surface area contributed by atoms with Crippen molar-refractivity contribution in [1.29, 1.82) is 0 Å². The number of carbonyl (C=O) groups excluding carboxylic acids is 1. The van der Waals surface area contributed by atoms with Gasteiger partial charge in [0.05, 0.1) is 11.1 Å². The molecule has 7 rings (SSSR count). The molecule has 0 radical (unpaired) electrons. The van der Waals surface area contributed by atoms with Gasteiger partial charge in [0.15, 0.2) is 0 Å². The standard InChI is InChI=1S/C40H29NO/c1-2-29-20-24-31(25-21-29)40(32-26-22-30(28-42)23-27-32)36-17-10-9-16-35(36)39-37(40)18-11-19-38(39)41(33-12-5-3-6-13-33)34-14-7-4-8-15-34/h2-28H,1H2. The molecule has 0 saturated heterocycles. The Balaban J connectivity index is 1.59. The summed E-state index contributed by atoms with van der Waals surface area (Å²) in [6, 6.07) is 53.3. The van der Waals surface area contributed by atoms with Gasteiger partial charge in [-0.15, -0.1) is 0 Å². The van der Waals surface area contributed by atoms with Crippen LogP contribution in [0, 0.1) is 0 Å². The molecule has 0 aromatic heterocycles. The van der Waals surface area contributed by atoms with Gasteiger partial charge in [-0.05, 0) is 63.7 Å². The Morgan fingerprint density at radius 1 is 0.524 bits per heavy atom. The molecule has 2 nitrogen and oxygen atoms in total. The van der Waals surface area contributed by atoms with Crippen LogP contribution in [0.4, 0.5) is 17.1 Å². The number of benzene rings is 6. The number of hydrogen-bond acceptors (Lipinski definition) is 2. The maximum atomic E-state index is 11.6. The molecular weight excluding hydrogens is 510 g/mol. The molecule has 0 heterocycles. The second-order valence-corrected chi connectivity index (χ2v) is 10.6. The van der Waals surface area contributed by atoms with E-state index in [9.17, 15) is 4.79 Å². The van der Waals surface area contributed by atoms with Crippen LogP contribution in [-0.4, -0.2) is 6.29 Å². The summed E-state index contributed by atoms with van der Waals surface area (Å²) in [4.78, 5) is 14.0. The molecule has 1 unspecified atom stereocenters. The van der Waals surface area contributed by atoms with Crippen molar-refractivity contribution < 1.29 is 4.79 Å². The smallest absolute Gasteiger partial charge is 0.150 e. The predicted octanol–water partition coefficient (Wildman–Crippen LogP) is 9.97. The van der Waals surface area contributed by atoms with E-state index in [1.54, 1.807) is 0 Å². The lowest BCUT2D eigenvalue weighted by Gasteiger charge is -2.34.